The summed E-state index contributed by atoms with van der Waals surface area (Å²) in [5.41, 5.74) is 3.07. The van der Waals surface area contributed by atoms with Crippen molar-refractivity contribution in [1.29, 1.82) is 0 Å². The number of para-hydroxylation sites is 1. The lowest BCUT2D eigenvalue weighted by Crippen LogP contribution is -2.42. The van der Waals surface area contributed by atoms with Crippen LogP contribution in [-0.2, 0) is 10.2 Å². The van der Waals surface area contributed by atoms with Crippen LogP contribution >= 0.6 is 0 Å². The van der Waals surface area contributed by atoms with Crippen molar-refractivity contribution in [3.05, 3.63) is 29.8 Å². The van der Waals surface area contributed by atoms with E-state index >= 15 is 0 Å². The molecule has 4 heteroatoms. The van der Waals surface area contributed by atoms with Crippen LogP contribution in [0, 0.1) is 0 Å². The summed E-state index contributed by atoms with van der Waals surface area (Å²) in [7, 11) is 0. The fourth-order valence-corrected chi connectivity index (χ4v) is 4.84. The second-order valence-electron chi connectivity index (χ2n) is 7.48. The first-order valence-electron chi connectivity index (χ1n) is 8.98. The summed E-state index contributed by atoms with van der Waals surface area (Å²) in [6, 6.07) is 8.70. The number of carbonyl (C=O) groups excluding carboxylic acids is 1. The average Bonchev–Trinajstić information content (AvgIpc) is 3.24. The Labute approximate surface area is 138 Å². The summed E-state index contributed by atoms with van der Waals surface area (Å²) < 4.78 is 0. The highest BCUT2D eigenvalue weighted by atomic mass is 16.3. The molecule has 2 aliphatic heterocycles. The number of aliphatic hydroxyl groups is 1. The van der Waals surface area contributed by atoms with E-state index in [1.807, 2.05) is 4.90 Å². The number of likely N-dealkylation sites (tertiary alicyclic amines) is 1. The van der Waals surface area contributed by atoms with Crippen LogP contribution in [0.3, 0.4) is 0 Å². The molecule has 0 aromatic heterocycles. The van der Waals surface area contributed by atoms with Crippen molar-refractivity contribution in [2.24, 2.45) is 0 Å². The Morgan fingerprint density at radius 3 is 2.57 bits per heavy atom. The minimum Gasteiger partial charge on any atom is -0.389 e. The molecule has 1 spiro atoms. The largest absolute Gasteiger partial charge is 0.389 e. The molecule has 4 rings (SSSR count). The van der Waals surface area contributed by atoms with Crippen molar-refractivity contribution in [2.75, 3.05) is 31.1 Å². The first kappa shape index (κ1) is 15.0. The number of benzene rings is 1. The third kappa shape index (κ3) is 2.63. The van der Waals surface area contributed by atoms with E-state index in [4.69, 9.17) is 0 Å². The highest BCUT2D eigenvalue weighted by Gasteiger charge is 2.44. The standard InChI is InChI=1S/C19H26N2O2/c22-15(12-20-11-5-8-18(20)23)13-21-14-19(9-3-4-10-19)16-6-1-2-7-17(16)21/h1-2,6-7,15,22H,3-5,8-14H2/t15-/m0/s1. The lowest BCUT2D eigenvalue weighted by Gasteiger charge is -2.28. The normalized spacial score (nSPS) is 23.8. The number of rotatable bonds is 4. The molecule has 4 nitrogen and oxygen atoms in total. The minimum atomic E-state index is -0.471. The quantitative estimate of drug-likeness (QED) is 0.927. The fraction of sp³-hybridized carbons (Fsp3) is 0.632. The van der Waals surface area contributed by atoms with Crippen LogP contribution in [0.1, 0.15) is 44.1 Å². The summed E-state index contributed by atoms with van der Waals surface area (Å²) in [6.45, 7) is 2.93. The van der Waals surface area contributed by atoms with Crippen LogP contribution in [-0.4, -0.2) is 48.2 Å². The van der Waals surface area contributed by atoms with Crippen LogP contribution < -0.4 is 4.90 Å². The minimum absolute atomic E-state index is 0.193. The van der Waals surface area contributed by atoms with Gasteiger partial charge in [-0.2, -0.15) is 0 Å². The molecule has 1 aromatic rings. The molecule has 23 heavy (non-hydrogen) atoms. The molecule has 1 atom stereocenters. The fourth-order valence-electron chi connectivity index (χ4n) is 4.84. The summed E-state index contributed by atoms with van der Waals surface area (Å²) in [4.78, 5) is 15.9. The van der Waals surface area contributed by atoms with Crippen LogP contribution in [0.4, 0.5) is 5.69 Å². The predicted molar refractivity (Wildman–Crippen MR) is 90.6 cm³/mol. The maximum absolute atomic E-state index is 11.8. The molecule has 1 aliphatic carbocycles. The highest BCUT2D eigenvalue weighted by Crippen LogP contribution is 2.50. The highest BCUT2D eigenvalue weighted by molar-refractivity contribution is 5.78. The van der Waals surface area contributed by atoms with Crippen molar-refractivity contribution < 1.29 is 9.90 Å². The predicted octanol–water partition coefficient (Wildman–Crippen LogP) is 2.30. The summed E-state index contributed by atoms with van der Waals surface area (Å²) >= 11 is 0. The van der Waals surface area contributed by atoms with Gasteiger partial charge in [0.1, 0.15) is 0 Å². The van der Waals surface area contributed by atoms with Gasteiger partial charge in [-0.15, -0.1) is 0 Å². The zero-order valence-corrected chi connectivity index (χ0v) is 13.7. The van der Waals surface area contributed by atoms with Crippen molar-refractivity contribution in [2.45, 2.75) is 50.0 Å². The van der Waals surface area contributed by atoms with Crippen LogP contribution in [0.5, 0.6) is 0 Å². The van der Waals surface area contributed by atoms with Gasteiger partial charge in [0.2, 0.25) is 5.91 Å². The molecule has 1 saturated carbocycles. The molecular formula is C19H26N2O2. The number of β-amino-alcohol motifs (C(OH)–C–C–N with tert-alkyl or cyclic N) is 1. The van der Waals surface area contributed by atoms with E-state index in [-0.39, 0.29) is 5.91 Å². The molecule has 2 fully saturated rings. The molecule has 1 saturated heterocycles. The van der Waals surface area contributed by atoms with Gasteiger partial charge >= 0.3 is 0 Å². The van der Waals surface area contributed by atoms with Gasteiger partial charge in [0, 0.05) is 43.7 Å². The van der Waals surface area contributed by atoms with Crippen molar-refractivity contribution >= 4 is 11.6 Å². The maximum atomic E-state index is 11.8. The molecule has 0 radical (unpaired) electrons. The first-order chi connectivity index (χ1) is 11.2. The number of hydrogen-bond acceptors (Lipinski definition) is 3. The number of nitrogens with zero attached hydrogens (tertiary/aromatic N) is 2. The topological polar surface area (TPSA) is 43.8 Å². The molecular weight excluding hydrogens is 288 g/mol. The third-order valence-corrected chi connectivity index (χ3v) is 5.90. The molecule has 3 aliphatic rings. The van der Waals surface area contributed by atoms with E-state index in [1.54, 1.807) is 0 Å². The van der Waals surface area contributed by atoms with Gasteiger partial charge in [-0.1, -0.05) is 31.0 Å². The Bertz CT molecular complexity index is 595. The van der Waals surface area contributed by atoms with E-state index < -0.39 is 6.10 Å². The second-order valence-corrected chi connectivity index (χ2v) is 7.48. The number of amides is 1. The van der Waals surface area contributed by atoms with Gasteiger partial charge in [0.05, 0.1) is 6.10 Å². The van der Waals surface area contributed by atoms with Gasteiger partial charge in [-0.05, 0) is 30.9 Å². The Morgan fingerprint density at radius 1 is 1.09 bits per heavy atom. The third-order valence-electron chi connectivity index (χ3n) is 5.90. The zero-order chi connectivity index (χ0) is 15.9. The zero-order valence-electron chi connectivity index (χ0n) is 13.7. The summed E-state index contributed by atoms with van der Waals surface area (Å²) in [6.07, 6.45) is 6.26. The van der Waals surface area contributed by atoms with Gasteiger partial charge in [-0.25, -0.2) is 0 Å². The van der Waals surface area contributed by atoms with E-state index in [1.165, 1.54) is 36.9 Å². The Morgan fingerprint density at radius 2 is 1.83 bits per heavy atom. The van der Waals surface area contributed by atoms with Gasteiger partial charge in [-0.3, -0.25) is 4.79 Å². The van der Waals surface area contributed by atoms with E-state index in [9.17, 15) is 9.90 Å². The van der Waals surface area contributed by atoms with E-state index in [0.717, 1.165) is 19.5 Å². The summed E-state index contributed by atoms with van der Waals surface area (Å²) in [5, 5.41) is 10.5. The average molecular weight is 314 g/mol. The molecule has 124 valence electrons. The molecule has 0 bridgehead atoms. The van der Waals surface area contributed by atoms with Gasteiger partial charge in [0.15, 0.2) is 0 Å². The van der Waals surface area contributed by atoms with Crippen LogP contribution in [0.15, 0.2) is 24.3 Å². The number of anilines is 1. The Hall–Kier alpha value is -1.55. The first-order valence-corrected chi connectivity index (χ1v) is 8.98. The van der Waals surface area contributed by atoms with Crippen LogP contribution in [0.2, 0.25) is 0 Å². The second kappa shape index (κ2) is 5.82. The summed E-state index contributed by atoms with van der Waals surface area (Å²) in [5.74, 6) is 0.193. The molecule has 1 amide bonds. The molecule has 1 aromatic carbocycles. The number of carbonyl (C=O) groups is 1. The number of hydrogen-bond donors (Lipinski definition) is 1. The van der Waals surface area contributed by atoms with Crippen molar-refractivity contribution in [1.82, 2.24) is 4.90 Å². The molecule has 2 heterocycles. The monoisotopic (exact) mass is 314 g/mol. The smallest absolute Gasteiger partial charge is 0.222 e. The van der Waals surface area contributed by atoms with E-state index in [0.29, 0.717) is 24.9 Å². The SMILES string of the molecule is O=C1CCCN1C[C@H](O)CN1CC2(CCCC2)c2ccccc21. The van der Waals surface area contributed by atoms with Crippen LogP contribution in [0.25, 0.3) is 0 Å². The van der Waals surface area contributed by atoms with Crippen molar-refractivity contribution in [3.63, 3.8) is 0 Å². The molecule has 0 unspecified atom stereocenters. The van der Waals surface area contributed by atoms with Gasteiger partial charge in [0.25, 0.3) is 0 Å². The molecule has 1 N–H and O–H groups in total. The number of fused-ring (bicyclic) bond motifs is 2. The lowest BCUT2D eigenvalue weighted by atomic mass is 9.81. The maximum Gasteiger partial charge on any atom is 0.222 e. The Balaban J connectivity index is 1.48. The van der Waals surface area contributed by atoms with E-state index in [2.05, 4.69) is 29.2 Å². The Kier molecular flexibility index (Phi) is 3.80. The lowest BCUT2D eigenvalue weighted by molar-refractivity contribution is -0.128. The van der Waals surface area contributed by atoms with Crippen molar-refractivity contribution in [3.8, 4) is 0 Å². The van der Waals surface area contributed by atoms with Gasteiger partial charge < -0.3 is 14.9 Å². The number of aliphatic hydroxyl groups excluding tert-OH is 1.